The highest BCUT2D eigenvalue weighted by atomic mass is 28.4. The summed E-state index contributed by atoms with van der Waals surface area (Å²) in [4.78, 5) is 3.06. The van der Waals surface area contributed by atoms with Gasteiger partial charge in [-0.1, -0.05) is 34.1 Å². The fourth-order valence-corrected chi connectivity index (χ4v) is 3.77. The van der Waals surface area contributed by atoms with Gasteiger partial charge >= 0.3 is 0 Å². The smallest absolute Gasteiger partial charge is 0.192 e. The molecule has 1 heterocycles. The van der Waals surface area contributed by atoms with Crippen molar-refractivity contribution in [1.29, 1.82) is 0 Å². The van der Waals surface area contributed by atoms with Gasteiger partial charge in [0.25, 0.3) is 0 Å². The van der Waals surface area contributed by atoms with Crippen LogP contribution in [-0.4, -0.2) is 26.0 Å². The topological polar surface area (TPSA) is 63.1 Å². The van der Waals surface area contributed by atoms with Crippen LogP contribution >= 0.6 is 0 Å². The zero-order valence-corrected chi connectivity index (χ0v) is 18.7. The van der Waals surface area contributed by atoms with Gasteiger partial charge < -0.3 is 20.5 Å². The number of benzene rings is 1. The minimum atomic E-state index is -1.88. The van der Waals surface area contributed by atoms with E-state index in [-0.39, 0.29) is 17.0 Å². The molecule has 1 aromatic carbocycles. The molecule has 0 unspecified atom stereocenters. The van der Waals surface area contributed by atoms with Crippen LogP contribution in [0.3, 0.4) is 0 Å². The first kappa shape index (κ1) is 22.1. The Labute approximate surface area is 164 Å². The number of halogens is 1. The van der Waals surface area contributed by atoms with Gasteiger partial charge in [0.05, 0.1) is 18.3 Å². The van der Waals surface area contributed by atoms with Crippen LogP contribution in [-0.2, 0) is 17.5 Å². The van der Waals surface area contributed by atoms with Gasteiger partial charge in [-0.3, -0.25) is 0 Å². The van der Waals surface area contributed by atoms with E-state index >= 15 is 0 Å². The molecule has 0 bridgehead atoms. The molecule has 0 aliphatic carbocycles. The lowest BCUT2D eigenvalue weighted by Gasteiger charge is -2.36. The van der Waals surface area contributed by atoms with Gasteiger partial charge in [0.1, 0.15) is 5.82 Å². The van der Waals surface area contributed by atoms with Crippen molar-refractivity contribution in [2.45, 2.75) is 77.9 Å². The predicted octanol–water partition coefficient (Wildman–Crippen LogP) is 5.05. The fraction of sp³-hybridized carbons (Fsp3) is 0.619. The molecule has 0 aliphatic heterocycles. The Hall–Kier alpha value is -1.21. The number of hydrogen-bond acceptors (Lipinski definition) is 3. The molecule has 0 spiro atoms. The average molecular weight is 394 g/mol. The second kappa shape index (κ2) is 8.86. The van der Waals surface area contributed by atoms with Crippen LogP contribution < -0.4 is 11.1 Å². The highest BCUT2D eigenvalue weighted by Gasteiger charge is 2.37. The molecule has 0 radical (unpaired) electrons. The SMILES string of the molecule is CCCCN[C@H](N)Cc1c[nH]c2c(F)cc(CO[Si](C)(C)C(C)(C)C)cc12. The minimum Gasteiger partial charge on any atom is -0.413 e. The lowest BCUT2D eigenvalue weighted by atomic mass is 10.1. The van der Waals surface area contributed by atoms with E-state index in [9.17, 15) is 4.39 Å². The molecule has 27 heavy (non-hydrogen) atoms. The molecule has 2 rings (SSSR count). The van der Waals surface area contributed by atoms with Gasteiger partial charge in [0, 0.05) is 18.0 Å². The van der Waals surface area contributed by atoms with Crippen LogP contribution in [0.2, 0.25) is 18.1 Å². The number of nitrogens with two attached hydrogens (primary N) is 1. The number of hydrogen-bond donors (Lipinski definition) is 3. The maximum atomic E-state index is 14.6. The second-order valence-electron chi connectivity index (χ2n) is 8.98. The Bertz CT molecular complexity index is 752. The van der Waals surface area contributed by atoms with E-state index in [1.807, 2.05) is 12.3 Å². The highest BCUT2D eigenvalue weighted by Crippen LogP contribution is 2.37. The summed E-state index contributed by atoms with van der Waals surface area (Å²) in [6, 6.07) is 3.62. The Morgan fingerprint density at radius 3 is 2.63 bits per heavy atom. The third kappa shape index (κ3) is 5.64. The van der Waals surface area contributed by atoms with Crippen LogP contribution in [0.4, 0.5) is 4.39 Å². The fourth-order valence-electron chi connectivity index (χ4n) is 2.81. The van der Waals surface area contributed by atoms with E-state index in [2.05, 4.69) is 51.1 Å². The second-order valence-corrected chi connectivity index (χ2v) is 13.8. The molecule has 0 saturated heterocycles. The van der Waals surface area contributed by atoms with Gasteiger partial charge in [-0.05, 0) is 54.4 Å². The summed E-state index contributed by atoms with van der Waals surface area (Å²) in [7, 11) is -1.88. The van der Waals surface area contributed by atoms with Crippen molar-refractivity contribution in [3.8, 4) is 0 Å². The average Bonchev–Trinajstić information content (AvgIpc) is 2.96. The van der Waals surface area contributed by atoms with Crippen molar-refractivity contribution in [2.24, 2.45) is 5.73 Å². The number of fused-ring (bicyclic) bond motifs is 1. The Morgan fingerprint density at radius 1 is 1.30 bits per heavy atom. The summed E-state index contributed by atoms with van der Waals surface area (Å²) in [6.07, 6.45) is 4.63. The van der Waals surface area contributed by atoms with Crippen molar-refractivity contribution >= 4 is 19.2 Å². The monoisotopic (exact) mass is 393 g/mol. The van der Waals surface area contributed by atoms with Crippen LogP contribution in [0, 0.1) is 5.82 Å². The Balaban J connectivity index is 2.16. The normalized spacial score (nSPS) is 14.1. The maximum Gasteiger partial charge on any atom is 0.192 e. The molecule has 6 heteroatoms. The first-order valence-electron chi connectivity index (χ1n) is 9.96. The number of aromatic amines is 1. The number of rotatable bonds is 9. The van der Waals surface area contributed by atoms with E-state index in [4.69, 9.17) is 10.2 Å². The van der Waals surface area contributed by atoms with Gasteiger partial charge in [-0.25, -0.2) is 4.39 Å². The molecule has 4 nitrogen and oxygen atoms in total. The zero-order chi connectivity index (χ0) is 20.2. The predicted molar refractivity (Wildman–Crippen MR) is 115 cm³/mol. The van der Waals surface area contributed by atoms with E-state index < -0.39 is 8.32 Å². The quantitative estimate of drug-likeness (QED) is 0.317. The van der Waals surface area contributed by atoms with E-state index in [0.717, 1.165) is 35.9 Å². The third-order valence-corrected chi connectivity index (χ3v) is 10.1. The molecule has 4 N–H and O–H groups in total. The molecule has 2 aromatic rings. The Kier molecular flexibility index (Phi) is 7.25. The summed E-state index contributed by atoms with van der Waals surface area (Å²) < 4.78 is 20.8. The van der Waals surface area contributed by atoms with Crippen LogP contribution in [0.15, 0.2) is 18.3 Å². The Morgan fingerprint density at radius 2 is 2.00 bits per heavy atom. The zero-order valence-electron chi connectivity index (χ0n) is 17.7. The molecular weight excluding hydrogens is 357 g/mol. The molecule has 1 atom stereocenters. The molecule has 0 saturated carbocycles. The third-order valence-electron chi connectivity index (χ3n) is 5.67. The summed E-state index contributed by atoms with van der Waals surface area (Å²) in [6.45, 7) is 14.5. The first-order chi connectivity index (χ1) is 12.5. The minimum absolute atomic E-state index is 0.131. The van der Waals surface area contributed by atoms with Crippen molar-refractivity contribution in [1.82, 2.24) is 10.3 Å². The number of H-pyrrole nitrogens is 1. The van der Waals surface area contributed by atoms with Crippen molar-refractivity contribution in [3.63, 3.8) is 0 Å². The molecule has 152 valence electrons. The number of nitrogens with one attached hydrogen (secondary N) is 2. The van der Waals surface area contributed by atoms with Gasteiger partial charge in [0.2, 0.25) is 0 Å². The van der Waals surface area contributed by atoms with E-state index in [1.54, 1.807) is 6.07 Å². The first-order valence-corrected chi connectivity index (χ1v) is 12.9. The van der Waals surface area contributed by atoms with Crippen molar-refractivity contribution < 1.29 is 8.82 Å². The summed E-state index contributed by atoms with van der Waals surface area (Å²) in [5.74, 6) is -0.236. The number of aromatic nitrogens is 1. The van der Waals surface area contributed by atoms with Gasteiger partial charge in [-0.2, -0.15) is 0 Å². The number of unbranched alkanes of at least 4 members (excludes halogenated alkanes) is 1. The maximum absolute atomic E-state index is 14.6. The van der Waals surface area contributed by atoms with E-state index in [0.29, 0.717) is 18.5 Å². The van der Waals surface area contributed by atoms with Crippen molar-refractivity contribution in [2.75, 3.05) is 6.54 Å². The molecule has 1 aromatic heterocycles. The van der Waals surface area contributed by atoms with E-state index in [1.165, 1.54) is 0 Å². The van der Waals surface area contributed by atoms with Crippen LogP contribution in [0.5, 0.6) is 0 Å². The standard InChI is InChI=1S/C21H36FN3OSi/c1-7-8-9-24-19(23)12-16-13-25-20-17(16)10-15(11-18(20)22)14-26-27(5,6)21(2,3)4/h10-11,13,19,24-25H,7-9,12,14,23H2,1-6H3/t19-/m0/s1. The highest BCUT2D eigenvalue weighted by molar-refractivity contribution is 6.74. The van der Waals surface area contributed by atoms with Crippen LogP contribution in [0.25, 0.3) is 10.9 Å². The molecular formula is C21H36FN3OSi. The summed E-state index contributed by atoms with van der Waals surface area (Å²) in [5, 5.41) is 4.36. The molecule has 0 aliphatic rings. The largest absolute Gasteiger partial charge is 0.413 e. The lowest BCUT2D eigenvalue weighted by molar-refractivity contribution is 0.276. The summed E-state index contributed by atoms with van der Waals surface area (Å²) >= 11 is 0. The van der Waals surface area contributed by atoms with Crippen molar-refractivity contribution in [3.05, 3.63) is 35.3 Å². The molecule has 0 fully saturated rings. The summed E-state index contributed by atoms with van der Waals surface area (Å²) in [5.41, 5.74) is 8.65. The van der Waals surface area contributed by atoms with Crippen LogP contribution in [0.1, 0.15) is 51.7 Å². The van der Waals surface area contributed by atoms with Gasteiger partial charge in [-0.15, -0.1) is 0 Å². The van der Waals surface area contributed by atoms with Gasteiger partial charge in [0.15, 0.2) is 8.32 Å². The lowest BCUT2D eigenvalue weighted by Crippen LogP contribution is -2.40. The molecule has 0 amide bonds.